The fraction of sp³-hybridized carbons (Fsp3) is 0.609. The Morgan fingerprint density at radius 3 is 2.70 bits per heavy atom. The molecule has 4 rings (SSSR count). The van der Waals surface area contributed by atoms with Crippen LogP contribution in [0.4, 0.5) is 0 Å². The molecule has 3 amide bonds. The van der Waals surface area contributed by atoms with Gasteiger partial charge in [-0.05, 0) is 57.0 Å². The molecule has 3 fully saturated rings. The number of likely N-dealkylation sites (N-methyl/N-ethyl adjacent to an activating group) is 1. The van der Waals surface area contributed by atoms with Crippen molar-refractivity contribution in [3.8, 4) is 5.75 Å². The predicted molar refractivity (Wildman–Crippen MR) is 112 cm³/mol. The SMILES string of the molecule is COc1cccc([C@@]2(CC(=O)N3C[C@H]4CC[C@@H]3C4)CC(=O)N(CCN(C)C)C2=O)c1. The lowest BCUT2D eigenvalue weighted by Crippen LogP contribution is -2.46. The van der Waals surface area contributed by atoms with E-state index in [1.807, 2.05) is 42.1 Å². The number of amides is 3. The van der Waals surface area contributed by atoms with Gasteiger partial charge in [-0.25, -0.2) is 0 Å². The summed E-state index contributed by atoms with van der Waals surface area (Å²) in [5.41, 5.74) is -0.470. The van der Waals surface area contributed by atoms with Crippen molar-refractivity contribution in [2.45, 2.75) is 43.6 Å². The van der Waals surface area contributed by atoms with Crippen LogP contribution in [0.3, 0.4) is 0 Å². The molecule has 1 aliphatic carbocycles. The van der Waals surface area contributed by atoms with Crippen molar-refractivity contribution in [2.75, 3.05) is 40.8 Å². The maximum absolute atomic E-state index is 13.6. The Morgan fingerprint density at radius 2 is 2.07 bits per heavy atom. The van der Waals surface area contributed by atoms with E-state index < -0.39 is 5.41 Å². The van der Waals surface area contributed by atoms with Crippen molar-refractivity contribution in [3.63, 3.8) is 0 Å². The van der Waals surface area contributed by atoms with Crippen LogP contribution in [0.25, 0.3) is 0 Å². The number of imide groups is 1. The van der Waals surface area contributed by atoms with Crippen LogP contribution < -0.4 is 4.74 Å². The monoisotopic (exact) mass is 413 g/mol. The molecular weight excluding hydrogens is 382 g/mol. The molecule has 30 heavy (non-hydrogen) atoms. The van der Waals surface area contributed by atoms with Gasteiger partial charge in [-0.2, -0.15) is 0 Å². The van der Waals surface area contributed by atoms with Gasteiger partial charge in [0.1, 0.15) is 5.75 Å². The minimum atomic E-state index is -1.16. The smallest absolute Gasteiger partial charge is 0.240 e. The second-order valence-electron chi connectivity index (χ2n) is 9.20. The second kappa shape index (κ2) is 8.02. The minimum Gasteiger partial charge on any atom is -0.497 e. The number of likely N-dealkylation sites (tertiary alicyclic amines) is 2. The fourth-order valence-electron chi connectivity index (χ4n) is 5.30. The minimum absolute atomic E-state index is 0.0133. The van der Waals surface area contributed by atoms with Gasteiger partial charge in [0, 0.05) is 38.5 Å². The molecule has 2 aliphatic heterocycles. The molecule has 3 aliphatic rings. The molecule has 3 atom stereocenters. The van der Waals surface area contributed by atoms with Gasteiger partial charge in [0.15, 0.2) is 0 Å². The molecule has 0 radical (unpaired) electrons. The third-order valence-electron chi connectivity index (χ3n) is 6.98. The molecule has 162 valence electrons. The highest BCUT2D eigenvalue weighted by Gasteiger charge is 2.55. The zero-order chi connectivity index (χ0) is 21.5. The molecule has 2 bridgehead atoms. The van der Waals surface area contributed by atoms with Crippen molar-refractivity contribution < 1.29 is 19.1 Å². The first-order valence-corrected chi connectivity index (χ1v) is 10.8. The lowest BCUT2D eigenvalue weighted by atomic mass is 9.75. The highest BCUT2D eigenvalue weighted by molar-refractivity contribution is 6.10. The lowest BCUT2D eigenvalue weighted by molar-refractivity contribution is -0.143. The first-order chi connectivity index (χ1) is 14.3. The Labute approximate surface area is 177 Å². The van der Waals surface area contributed by atoms with E-state index in [0.717, 1.165) is 19.4 Å². The van der Waals surface area contributed by atoms with Gasteiger partial charge in [-0.3, -0.25) is 19.3 Å². The first kappa shape index (κ1) is 20.8. The Balaban J connectivity index is 1.66. The zero-order valence-electron chi connectivity index (χ0n) is 18.1. The van der Waals surface area contributed by atoms with Crippen LogP contribution in [0.15, 0.2) is 24.3 Å². The Bertz CT molecular complexity index is 855. The number of hydrogen-bond donors (Lipinski definition) is 0. The number of carbonyl (C=O) groups excluding carboxylic acids is 3. The second-order valence-corrected chi connectivity index (χ2v) is 9.20. The highest BCUT2D eigenvalue weighted by atomic mass is 16.5. The van der Waals surface area contributed by atoms with Crippen LogP contribution in [0.5, 0.6) is 5.75 Å². The molecule has 2 heterocycles. The first-order valence-electron chi connectivity index (χ1n) is 10.8. The van der Waals surface area contributed by atoms with E-state index in [9.17, 15) is 14.4 Å². The third kappa shape index (κ3) is 3.60. The summed E-state index contributed by atoms with van der Waals surface area (Å²) in [7, 11) is 5.39. The molecule has 0 spiro atoms. The van der Waals surface area contributed by atoms with E-state index in [4.69, 9.17) is 4.74 Å². The van der Waals surface area contributed by atoms with Crippen molar-refractivity contribution in [2.24, 2.45) is 5.92 Å². The number of carbonyl (C=O) groups is 3. The quantitative estimate of drug-likeness (QED) is 0.636. The summed E-state index contributed by atoms with van der Waals surface area (Å²) >= 11 is 0. The van der Waals surface area contributed by atoms with Crippen LogP contribution in [0.1, 0.15) is 37.7 Å². The van der Waals surface area contributed by atoms with Gasteiger partial charge >= 0.3 is 0 Å². The van der Waals surface area contributed by atoms with Crippen molar-refractivity contribution in [1.29, 1.82) is 0 Å². The number of ether oxygens (including phenoxy) is 1. The number of rotatable bonds is 7. The van der Waals surface area contributed by atoms with Crippen LogP contribution in [-0.2, 0) is 19.8 Å². The number of piperidine rings is 1. The average molecular weight is 414 g/mol. The number of methoxy groups -OCH3 is 1. The lowest BCUT2D eigenvalue weighted by Gasteiger charge is -2.33. The topological polar surface area (TPSA) is 70.2 Å². The summed E-state index contributed by atoms with van der Waals surface area (Å²) < 4.78 is 5.36. The van der Waals surface area contributed by atoms with Gasteiger partial charge in [-0.15, -0.1) is 0 Å². The standard InChI is InChI=1S/C23H31N3O4/c1-24(2)9-10-25-20(27)13-23(22(25)29,17-5-4-6-19(12-17)30-3)14-21(28)26-15-16-7-8-18(26)11-16/h4-6,12,16,18H,7-11,13-15H2,1-3H3/t16-,18+,23-/m0/s1. The van der Waals surface area contributed by atoms with E-state index in [1.165, 1.54) is 11.3 Å². The molecule has 1 saturated carbocycles. The van der Waals surface area contributed by atoms with E-state index in [-0.39, 0.29) is 30.6 Å². The molecule has 0 N–H and O–H groups in total. The molecule has 1 aromatic rings. The normalized spacial score (nSPS) is 28.1. The van der Waals surface area contributed by atoms with Gasteiger partial charge < -0.3 is 14.5 Å². The van der Waals surface area contributed by atoms with Gasteiger partial charge in [0.25, 0.3) is 0 Å². The maximum Gasteiger partial charge on any atom is 0.240 e. The Morgan fingerprint density at radius 1 is 1.27 bits per heavy atom. The summed E-state index contributed by atoms with van der Waals surface area (Å²) in [5.74, 6) is 0.720. The number of nitrogens with zero attached hydrogens (tertiary/aromatic N) is 3. The van der Waals surface area contributed by atoms with Gasteiger partial charge in [-0.1, -0.05) is 12.1 Å². The van der Waals surface area contributed by atoms with Crippen LogP contribution in [0.2, 0.25) is 0 Å². The molecule has 7 heteroatoms. The summed E-state index contributed by atoms with van der Waals surface area (Å²) in [6, 6.07) is 7.56. The van der Waals surface area contributed by atoms with E-state index >= 15 is 0 Å². The Hall–Kier alpha value is -2.41. The van der Waals surface area contributed by atoms with Crippen molar-refractivity contribution in [1.82, 2.24) is 14.7 Å². The van der Waals surface area contributed by atoms with E-state index in [0.29, 0.717) is 36.4 Å². The average Bonchev–Trinajstić information content (AvgIpc) is 3.41. The molecule has 2 saturated heterocycles. The predicted octanol–water partition coefficient (Wildman–Crippen LogP) is 1.65. The third-order valence-corrected chi connectivity index (χ3v) is 6.98. The molecular formula is C23H31N3O4. The number of fused-ring (bicyclic) bond motifs is 2. The van der Waals surface area contributed by atoms with Crippen molar-refractivity contribution >= 4 is 17.7 Å². The Kier molecular flexibility index (Phi) is 5.57. The molecule has 0 unspecified atom stereocenters. The molecule has 1 aromatic carbocycles. The van der Waals surface area contributed by atoms with Crippen LogP contribution >= 0.6 is 0 Å². The summed E-state index contributed by atoms with van der Waals surface area (Å²) in [4.78, 5) is 45.1. The fourth-order valence-corrected chi connectivity index (χ4v) is 5.30. The number of hydrogen-bond acceptors (Lipinski definition) is 5. The number of benzene rings is 1. The van der Waals surface area contributed by atoms with Crippen LogP contribution in [-0.4, -0.2) is 79.3 Å². The largest absolute Gasteiger partial charge is 0.497 e. The highest BCUT2D eigenvalue weighted by Crippen LogP contribution is 2.43. The molecule has 0 aromatic heterocycles. The van der Waals surface area contributed by atoms with Crippen LogP contribution in [0, 0.1) is 5.92 Å². The van der Waals surface area contributed by atoms with Crippen molar-refractivity contribution in [3.05, 3.63) is 29.8 Å². The van der Waals surface area contributed by atoms with E-state index in [1.54, 1.807) is 13.2 Å². The zero-order valence-corrected chi connectivity index (χ0v) is 18.1. The van der Waals surface area contributed by atoms with E-state index in [2.05, 4.69) is 0 Å². The maximum atomic E-state index is 13.6. The summed E-state index contributed by atoms with van der Waals surface area (Å²) in [6.07, 6.45) is 3.36. The summed E-state index contributed by atoms with van der Waals surface area (Å²) in [6.45, 7) is 1.71. The van der Waals surface area contributed by atoms with Gasteiger partial charge in [0.2, 0.25) is 17.7 Å². The van der Waals surface area contributed by atoms with Gasteiger partial charge in [0.05, 0.1) is 12.5 Å². The summed E-state index contributed by atoms with van der Waals surface area (Å²) in [5, 5.41) is 0. The molecule has 7 nitrogen and oxygen atoms in total.